The van der Waals surface area contributed by atoms with Crippen LogP contribution in [0, 0.1) is 12.1 Å². The molecule has 0 spiro atoms. The summed E-state index contributed by atoms with van der Waals surface area (Å²) in [6.07, 6.45) is 7.36. The van der Waals surface area contributed by atoms with E-state index in [2.05, 4.69) is 22.2 Å². The first-order valence-corrected chi connectivity index (χ1v) is 7.26. The Labute approximate surface area is 156 Å². The number of hydrogen-bond donors (Lipinski definition) is 0. The molecule has 2 aromatic carbocycles. The van der Waals surface area contributed by atoms with Gasteiger partial charge in [-0.15, -0.1) is 42.0 Å². The standard InChI is InChI=1S/C10H9N2.C9H7N2.Pt/c1-12-8-7-11-10(12)9-5-3-2-4-6-9;1-2-5-9(6-3-1)11-8-4-7-10-11;/h2-5,7-8H,1H3;1-5,7-8H;/q2*-1;+2. The van der Waals surface area contributed by atoms with Crippen molar-refractivity contribution in [3.05, 3.63) is 91.5 Å². The fourth-order valence-corrected chi connectivity index (χ4v) is 2.10. The summed E-state index contributed by atoms with van der Waals surface area (Å²) in [5, 5.41) is 4.07. The molecule has 24 heavy (non-hydrogen) atoms. The summed E-state index contributed by atoms with van der Waals surface area (Å²) in [6.45, 7) is 0. The zero-order chi connectivity index (χ0) is 15.9. The molecule has 0 aliphatic carbocycles. The van der Waals surface area contributed by atoms with E-state index in [1.54, 1.807) is 17.1 Å². The first kappa shape index (κ1) is 17.9. The van der Waals surface area contributed by atoms with Gasteiger partial charge in [0.2, 0.25) is 0 Å². The van der Waals surface area contributed by atoms with Crippen molar-refractivity contribution in [3.63, 3.8) is 0 Å². The molecule has 4 nitrogen and oxygen atoms in total. The molecule has 0 radical (unpaired) electrons. The summed E-state index contributed by atoms with van der Waals surface area (Å²) in [6, 6.07) is 23.7. The van der Waals surface area contributed by atoms with Gasteiger partial charge in [0.1, 0.15) is 0 Å². The van der Waals surface area contributed by atoms with Gasteiger partial charge in [0.05, 0.1) is 5.82 Å². The second kappa shape index (κ2) is 8.99. The maximum absolute atomic E-state index is 4.22. The Hall–Kier alpha value is -2.45. The molecule has 122 valence electrons. The molecule has 2 heterocycles. The average molecular weight is 495 g/mol. The maximum atomic E-state index is 4.22. The molecule has 0 fully saturated rings. The van der Waals surface area contributed by atoms with E-state index >= 15 is 0 Å². The number of benzene rings is 2. The summed E-state index contributed by atoms with van der Waals surface area (Å²) >= 11 is 0. The molecule has 0 unspecified atom stereocenters. The molecule has 2 aromatic heterocycles. The Morgan fingerprint density at radius 1 is 0.875 bits per heavy atom. The number of hydrogen-bond acceptors (Lipinski definition) is 2. The van der Waals surface area contributed by atoms with Crippen LogP contribution in [0.3, 0.4) is 0 Å². The van der Waals surface area contributed by atoms with Crippen LogP contribution < -0.4 is 0 Å². The van der Waals surface area contributed by atoms with E-state index in [4.69, 9.17) is 0 Å². The quantitative estimate of drug-likeness (QED) is 0.399. The average Bonchev–Trinajstić information content (AvgIpc) is 3.29. The molecule has 5 heteroatoms. The number of nitrogens with zero attached hydrogens (tertiary/aromatic N) is 4. The van der Waals surface area contributed by atoms with Crippen LogP contribution in [0.25, 0.3) is 17.1 Å². The summed E-state index contributed by atoms with van der Waals surface area (Å²) in [5.41, 5.74) is 2.00. The van der Waals surface area contributed by atoms with Crippen molar-refractivity contribution in [1.82, 2.24) is 19.3 Å². The minimum Gasteiger partial charge on any atom is -0.373 e. The third kappa shape index (κ3) is 4.53. The molecule has 4 aromatic rings. The van der Waals surface area contributed by atoms with E-state index in [-0.39, 0.29) is 21.1 Å². The number of imidazole rings is 1. The Kier molecular flexibility index (Phi) is 6.71. The molecular weight excluding hydrogens is 479 g/mol. The van der Waals surface area contributed by atoms with E-state index in [9.17, 15) is 0 Å². The van der Waals surface area contributed by atoms with Crippen LogP contribution in [0.4, 0.5) is 0 Å². The van der Waals surface area contributed by atoms with Crippen LogP contribution in [0.2, 0.25) is 0 Å². The smallest absolute Gasteiger partial charge is 0.373 e. The van der Waals surface area contributed by atoms with Gasteiger partial charge in [0, 0.05) is 31.8 Å². The first-order valence-electron chi connectivity index (χ1n) is 7.26. The van der Waals surface area contributed by atoms with E-state index in [1.165, 1.54) is 0 Å². The molecule has 0 atom stereocenters. The maximum Gasteiger partial charge on any atom is 2.00 e. The minimum absolute atomic E-state index is 0. The van der Waals surface area contributed by atoms with Gasteiger partial charge in [0.25, 0.3) is 0 Å². The number of rotatable bonds is 2. The van der Waals surface area contributed by atoms with Crippen molar-refractivity contribution in [2.24, 2.45) is 7.05 Å². The van der Waals surface area contributed by atoms with Crippen LogP contribution in [0.15, 0.2) is 79.4 Å². The predicted molar refractivity (Wildman–Crippen MR) is 89.9 cm³/mol. The monoisotopic (exact) mass is 495 g/mol. The molecule has 0 aliphatic rings. The molecule has 0 saturated carbocycles. The molecule has 4 rings (SSSR count). The van der Waals surface area contributed by atoms with Crippen molar-refractivity contribution in [2.45, 2.75) is 0 Å². The minimum atomic E-state index is 0. The summed E-state index contributed by atoms with van der Waals surface area (Å²) < 4.78 is 3.76. The van der Waals surface area contributed by atoms with Crippen molar-refractivity contribution < 1.29 is 21.1 Å². The largest absolute Gasteiger partial charge is 2.00 e. The molecule has 0 saturated heterocycles. The second-order valence-corrected chi connectivity index (χ2v) is 4.84. The van der Waals surface area contributed by atoms with Crippen molar-refractivity contribution >= 4 is 0 Å². The SMILES string of the molecule is Cn1ccnc1-c1[c-]cccc1.[Pt+2].[c-]1ccccc1-n1cccn1. The second-order valence-electron chi connectivity index (χ2n) is 4.84. The first-order chi connectivity index (χ1) is 11.3. The topological polar surface area (TPSA) is 35.6 Å². The Morgan fingerprint density at radius 2 is 1.67 bits per heavy atom. The Bertz CT molecular complexity index is 824. The predicted octanol–water partition coefficient (Wildman–Crippen LogP) is 3.56. The molecule has 0 N–H and O–H groups in total. The Morgan fingerprint density at radius 3 is 2.21 bits per heavy atom. The normalized spacial score (nSPS) is 9.54. The molecular formula is C19H16N4Pt. The van der Waals surface area contributed by atoms with E-state index in [0.717, 1.165) is 17.1 Å². The number of aryl methyl sites for hydroxylation is 1. The van der Waals surface area contributed by atoms with Gasteiger partial charge in [-0.1, -0.05) is 0 Å². The summed E-state index contributed by atoms with van der Waals surface area (Å²) in [5.74, 6) is 0.954. The van der Waals surface area contributed by atoms with Crippen LogP contribution in [0.5, 0.6) is 0 Å². The van der Waals surface area contributed by atoms with Crippen molar-refractivity contribution in [1.29, 1.82) is 0 Å². The van der Waals surface area contributed by atoms with Crippen molar-refractivity contribution in [3.8, 4) is 17.1 Å². The van der Waals surface area contributed by atoms with Crippen LogP contribution in [0.1, 0.15) is 0 Å². The van der Waals surface area contributed by atoms with E-state index in [1.807, 2.05) is 78.6 Å². The van der Waals surface area contributed by atoms with E-state index in [0.29, 0.717) is 0 Å². The fraction of sp³-hybridized carbons (Fsp3) is 0.0526. The van der Waals surface area contributed by atoms with Gasteiger partial charge >= 0.3 is 21.1 Å². The Balaban J connectivity index is 0.000000167. The molecule has 0 amide bonds. The van der Waals surface area contributed by atoms with Gasteiger partial charge in [-0.05, 0) is 11.8 Å². The number of aromatic nitrogens is 4. The molecule has 0 aliphatic heterocycles. The van der Waals surface area contributed by atoms with Crippen LogP contribution >= 0.6 is 0 Å². The van der Waals surface area contributed by atoms with E-state index < -0.39 is 0 Å². The van der Waals surface area contributed by atoms with Gasteiger partial charge < -0.3 is 4.57 Å². The summed E-state index contributed by atoms with van der Waals surface area (Å²) in [4.78, 5) is 4.22. The van der Waals surface area contributed by atoms with Gasteiger partial charge in [-0.2, -0.15) is 29.4 Å². The third-order valence-corrected chi connectivity index (χ3v) is 3.22. The summed E-state index contributed by atoms with van der Waals surface area (Å²) in [7, 11) is 1.98. The third-order valence-electron chi connectivity index (χ3n) is 3.22. The van der Waals surface area contributed by atoms with Gasteiger partial charge in [-0.25, -0.2) is 0 Å². The van der Waals surface area contributed by atoms with Crippen LogP contribution in [-0.2, 0) is 28.1 Å². The molecule has 0 bridgehead atoms. The van der Waals surface area contributed by atoms with Crippen molar-refractivity contribution in [2.75, 3.05) is 0 Å². The zero-order valence-corrected chi connectivity index (χ0v) is 15.4. The van der Waals surface area contributed by atoms with Gasteiger partial charge in [0.15, 0.2) is 0 Å². The zero-order valence-electron chi connectivity index (χ0n) is 13.1. The number of para-hydroxylation sites is 1. The fourth-order valence-electron chi connectivity index (χ4n) is 2.10. The van der Waals surface area contributed by atoms with Gasteiger partial charge in [-0.3, -0.25) is 9.67 Å². The van der Waals surface area contributed by atoms with Crippen LogP contribution in [-0.4, -0.2) is 19.3 Å².